The summed E-state index contributed by atoms with van der Waals surface area (Å²) in [6.07, 6.45) is 5.30. The molecule has 8 heteroatoms. The van der Waals surface area contributed by atoms with E-state index in [1.807, 2.05) is 12.1 Å². The lowest BCUT2D eigenvalue weighted by Gasteiger charge is -2.33. The first-order valence-electron chi connectivity index (χ1n) is 8.17. The minimum atomic E-state index is -0.512. The van der Waals surface area contributed by atoms with E-state index < -0.39 is 12.1 Å². The van der Waals surface area contributed by atoms with Crippen LogP contribution in [0.25, 0.3) is 11.3 Å². The van der Waals surface area contributed by atoms with Gasteiger partial charge in [-0.3, -0.25) is 14.7 Å². The summed E-state index contributed by atoms with van der Waals surface area (Å²) in [6, 6.07) is 4.94. The van der Waals surface area contributed by atoms with Crippen molar-refractivity contribution in [1.29, 1.82) is 0 Å². The van der Waals surface area contributed by atoms with E-state index in [4.69, 9.17) is 9.26 Å². The molecule has 132 valence electrons. The fourth-order valence-corrected chi connectivity index (χ4v) is 2.88. The van der Waals surface area contributed by atoms with Crippen molar-refractivity contribution in [1.82, 2.24) is 20.4 Å². The van der Waals surface area contributed by atoms with Crippen LogP contribution in [0.5, 0.6) is 0 Å². The molecule has 0 radical (unpaired) electrons. The van der Waals surface area contributed by atoms with Crippen molar-refractivity contribution in [3.05, 3.63) is 36.4 Å². The highest BCUT2D eigenvalue weighted by atomic mass is 16.5. The predicted molar refractivity (Wildman–Crippen MR) is 88.3 cm³/mol. The summed E-state index contributed by atoms with van der Waals surface area (Å²) in [6.45, 7) is 0.732. The van der Waals surface area contributed by atoms with Crippen LogP contribution in [0.2, 0.25) is 0 Å². The normalized spacial score (nSPS) is 17.2. The van der Waals surface area contributed by atoms with Gasteiger partial charge in [-0.05, 0) is 31.4 Å². The van der Waals surface area contributed by atoms with Crippen LogP contribution in [-0.4, -0.2) is 46.7 Å². The Kier molecular flexibility index (Phi) is 5.27. The summed E-state index contributed by atoms with van der Waals surface area (Å²) in [4.78, 5) is 29.8. The van der Waals surface area contributed by atoms with Gasteiger partial charge in [-0.2, -0.15) is 0 Å². The molecule has 1 fully saturated rings. The van der Waals surface area contributed by atoms with Crippen LogP contribution in [0, 0.1) is 0 Å². The predicted octanol–water partition coefficient (Wildman–Crippen LogP) is 1.97. The third-order valence-corrected chi connectivity index (χ3v) is 4.17. The number of carbonyl (C=O) groups excluding carboxylic acids is 2. The monoisotopic (exact) mass is 344 g/mol. The van der Waals surface area contributed by atoms with E-state index in [1.165, 1.54) is 12.0 Å². The number of ether oxygens (including phenoxy) is 1. The molecule has 2 aromatic heterocycles. The number of amides is 2. The van der Waals surface area contributed by atoms with Crippen LogP contribution in [0.1, 0.15) is 25.0 Å². The van der Waals surface area contributed by atoms with Gasteiger partial charge in [-0.1, -0.05) is 5.16 Å². The maximum Gasteiger partial charge on any atom is 0.410 e. The Hall–Kier alpha value is -2.90. The average molecular weight is 344 g/mol. The van der Waals surface area contributed by atoms with Crippen LogP contribution in [0.4, 0.5) is 4.79 Å². The second kappa shape index (κ2) is 7.78. The van der Waals surface area contributed by atoms with E-state index in [0.717, 1.165) is 18.4 Å². The van der Waals surface area contributed by atoms with E-state index in [0.29, 0.717) is 24.4 Å². The number of hydrogen-bond donors (Lipinski definition) is 1. The molecular weight excluding hydrogens is 324 g/mol. The fraction of sp³-hybridized carbons (Fsp3) is 0.412. The minimum Gasteiger partial charge on any atom is -0.453 e. The van der Waals surface area contributed by atoms with Crippen molar-refractivity contribution in [3.63, 3.8) is 0 Å². The Morgan fingerprint density at radius 1 is 1.44 bits per heavy atom. The molecule has 0 bridgehead atoms. The lowest BCUT2D eigenvalue weighted by molar-refractivity contribution is -0.127. The Morgan fingerprint density at radius 3 is 3.08 bits per heavy atom. The highest BCUT2D eigenvalue weighted by molar-refractivity contribution is 5.85. The molecule has 0 aromatic carbocycles. The van der Waals surface area contributed by atoms with Crippen LogP contribution in [0.3, 0.4) is 0 Å². The molecule has 1 atom stereocenters. The number of nitrogens with one attached hydrogen (secondary N) is 1. The first-order valence-corrected chi connectivity index (χ1v) is 8.17. The maximum atomic E-state index is 12.4. The quantitative estimate of drug-likeness (QED) is 0.911. The van der Waals surface area contributed by atoms with Crippen LogP contribution in [0.15, 0.2) is 35.1 Å². The molecule has 1 aliphatic heterocycles. The van der Waals surface area contributed by atoms with Gasteiger partial charge in [0.15, 0.2) is 5.76 Å². The van der Waals surface area contributed by atoms with Crippen LogP contribution >= 0.6 is 0 Å². The van der Waals surface area contributed by atoms with Gasteiger partial charge in [0.1, 0.15) is 11.7 Å². The summed E-state index contributed by atoms with van der Waals surface area (Å²) >= 11 is 0. The maximum absolute atomic E-state index is 12.4. The molecule has 1 N–H and O–H groups in total. The fourth-order valence-electron chi connectivity index (χ4n) is 2.88. The van der Waals surface area contributed by atoms with Crippen molar-refractivity contribution in [3.8, 4) is 11.3 Å². The third-order valence-electron chi connectivity index (χ3n) is 4.17. The molecule has 3 heterocycles. The Labute approximate surface area is 145 Å². The third kappa shape index (κ3) is 3.96. The zero-order chi connectivity index (χ0) is 17.6. The number of aromatic nitrogens is 2. The van der Waals surface area contributed by atoms with Gasteiger partial charge in [0.05, 0.1) is 13.7 Å². The first-order chi connectivity index (χ1) is 12.2. The van der Waals surface area contributed by atoms with Gasteiger partial charge >= 0.3 is 6.09 Å². The van der Waals surface area contributed by atoms with Crippen molar-refractivity contribution in [2.75, 3.05) is 13.7 Å². The van der Waals surface area contributed by atoms with Gasteiger partial charge in [-0.15, -0.1) is 0 Å². The van der Waals surface area contributed by atoms with Gasteiger partial charge in [0.25, 0.3) is 0 Å². The molecule has 1 unspecified atom stereocenters. The van der Waals surface area contributed by atoms with E-state index in [-0.39, 0.29) is 12.5 Å². The van der Waals surface area contributed by atoms with Crippen LogP contribution in [-0.2, 0) is 16.1 Å². The second-order valence-corrected chi connectivity index (χ2v) is 5.81. The molecule has 0 spiro atoms. The van der Waals surface area contributed by atoms with E-state index in [9.17, 15) is 9.59 Å². The second-order valence-electron chi connectivity index (χ2n) is 5.81. The van der Waals surface area contributed by atoms with Gasteiger partial charge in [0, 0.05) is 30.6 Å². The summed E-state index contributed by atoms with van der Waals surface area (Å²) in [7, 11) is 1.32. The highest BCUT2D eigenvalue weighted by Crippen LogP contribution is 2.19. The number of piperidine rings is 1. The number of likely N-dealkylation sites (tertiary alicyclic amines) is 1. The van der Waals surface area contributed by atoms with Crippen LogP contribution < -0.4 is 5.32 Å². The zero-order valence-corrected chi connectivity index (χ0v) is 14.0. The molecule has 8 nitrogen and oxygen atoms in total. The Balaban J connectivity index is 1.60. The topological polar surface area (TPSA) is 97.6 Å². The van der Waals surface area contributed by atoms with Gasteiger partial charge < -0.3 is 14.6 Å². The standard InChI is InChI=1S/C17H20N4O4/c1-24-17(23)21-8-3-2-6-15(21)16(22)19-11-13-9-14(20-25-13)12-5-4-7-18-10-12/h4-5,7,9-10,15H,2-3,6,8,11H2,1H3,(H,19,22). The lowest BCUT2D eigenvalue weighted by atomic mass is 10.0. The number of pyridine rings is 1. The molecule has 25 heavy (non-hydrogen) atoms. The molecule has 0 aliphatic carbocycles. The molecule has 3 rings (SSSR count). The molecule has 2 amide bonds. The summed E-state index contributed by atoms with van der Waals surface area (Å²) in [5.74, 6) is 0.317. The van der Waals surface area contributed by atoms with Crippen molar-refractivity contribution >= 4 is 12.0 Å². The van der Waals surface area contributed by atoms with Crippen molar-refractivity contribution in [2.24, 2.45) is 0 Å². The highest BCUT2D eigenvalue weighted by Gasteiger charge is 2.32. The van der Waals surface area contributed by atoms with E-state index in [2.05, 4.69) is 15.5 Å². The molecule has 2 aromatic rings. The minimum absolute atomic E-state index is 0.206. The molecular formula is C17H20N4O4. The first kappa shape index (κ1) is 16.9. The molecule has 0 saturated carbocycles. The molecule has 1 aliphatic rings. The summed E-state index contributed by atoms with van der Waals surface area (Å²) in [5.41, 5.74) is 1.50. The Bertz CT molecular complexity index is 731. The number of carbonyl (C=O) groups is 2. The average Bonchev–Trinajstić information content (AvgIpc) is 3.15. The number of nitrogens with zero attached hydrogens (tertiary/aromatic N) is 3. The number of methoxy groups -OCH3 is 1. The number of hydrogen-bond acceptors (Lipinski definition) is 6. The molecule has 1 saturated heterocycles. The van der Waals surface area contributed by atoms with Gasteiger partial charge in [0.2, 0.25) is 5.91 Å². The Morgan fingerprint density at radius 2 is 2.32 bits per heavy atom. The van der Waals surface area contributed by atoms with E-state index in [1.54, 1.807) is 18.5 Å². The van der Waals surface area contributed by atoms with Crippen molar-refractivity contribution < 1.29 is 18.8 Å². The summed E-state index contributed by atoms with van der Waals surface area (Å²) in [5, 5.41) is 6.79. The van der Waals surface area contributed by atoms with Crippen molar-refractivity contribution in [2.45, 2.75) is 31.8 Å². The summed E-state index contributed by atoms with van der Waals surface area (Å²) < 4.78 is 10.0. The van der Waals surface area contributed by atoms with E-state index >= 15 is 0 Å². The SMILES string of the molecule is COC(=O)N1CCCCC1C(=O)NCc1cc(-c2cccnc2)no1. The largest absolute Gasteiger partial charge is 0.453 e. The number of rotatable bonds is 4. The zero-order valence-electron chi connectivity index (χ0n) is 14.0. The van der Waals surface area contributed by atoms with Gasteiger partial charge in [-0.25, -0.2) is 4.79 Å². The smallest absolute Gasteiger partial charge is 0.410 e. The lowest BCUT2D eigenvalue weighted by Crippen LogP contribution is -2.51.